The van der Waals surface area contributed by atoms with Crippen molar-refractivity contribution in [3.05, 3.63) is 36.5 Å². The highest BCUT2D eigenvalue weighted by molar-refractivity contribution is 5.80. The first-order chi connectivity index (χ1) is 33.7. The number of aliphatic hydroxyl groups excluding tert-OH is 7. The third-order valence-electron chi connectivity index (χ3n) is 13.9. The third kappa shape index (κ3) is 36.0. The van der Waals surface area contributed by atoms with Crippen LogP contribution in [-0.4, -0.2) is 110 Å². The quantitative estimate of drug-likeness (QED) is 0.0215. The summed E-state index contributed by atoms with van der Waals surface area (Å²) in [5.74, 6) is -0.710. The van der Waals surface area contributed by atoms with Crippen LogP contribution in [0.25, 0.3) is 0 Å². The molecule has 1 fully saturated rings. The largest absolute Gasteiger partial charge is 0.394 e. The van der Waals surface area contributed by atoms with E-state index in [-0.39, 0.29) is 12.8 Å². The Morgan fingerprint density at radius 3 is 1.32 bits per heavy atom. The number of carbonyl (C=O) groups is 1. The number of carbonyl (C=O) groups excluding carboxylic acids is 1. The minimum atomic E-state index is -1.67. The van der Waals surface area contributed by atoms with Gasteiger partial charge in [-0.15, -0.1) is 0 Å². The fourth-order valence-corrected chi connectivity index (χ4v) is 9.16. The molecule has 0 aromatic carbocycles. The Hall–Kier alpha value is -1.67. The second-order valence-corrected chi connectivity index (χ2v) is 20.3. The second-order valence-electron chi connectivity index (χ2n) is 20.3. The molecule has 0 radical (unpaired) electrons. The molecule has 1 rings (SSSR count). The van der Waals surface area contributed by atoms with Crippen LogP contribution in [0.4, 0.5) is 0 Å². The number of allylic oxidation sites excluding steroid dienone is 6. The number of aliphatic hydroxyl groups is 7. The van der Waals surface area contributed by atoms with E-state index in [1.807, 2.05) is 0 Å². The SMILES string of the molecule is CCCCC/C=C/CC/C=C/CCCC(O)C(O)C(COC1OC(CO)C(O)C(O)C1O)NC(=O)C(O)CCCCCCCCCCCCCCCC/C=C\CCCCCCCCCCCCCC. The van der Waals surface area contributed by atoms with Crippen molar-refractivity contribution < 1.29 is 50.0 Å². The number of ether oxygens (including phenoxy) is 2. The number of rotatable bonds is 49. The van der Waals surface area contributed by atoms with Crippen molar-refractivity contribution in [3.8, 4) is 0 Å². The summed E-state index contributed by atoms with van der Waals surface area (Å²) in [6.45, 7) is 3.41. The van der Waals surface area contributed by atoms with E-state index >= 15 is 0 Å². The van der Waals surface area contributed by atoms with E-state index in [0.717, 1.165) is 38.5 Å². The van der Waals surface area contributed by atoms with Gasteiger partial charge in [-0.05, 0) is 77.0 Å². The Kier molecular flexibility index (Phi) is 44.8. The van der Waals surface area contributed by atoms with Crippen LogP contribution in [0, 0.1) is 0 Å². The molecule has 1 heterocycles. The van der Waals surface area contributed by atoms with E-state index < -0.39 is 74.2 Å². The summed E-state index contributed by atoms with van der Waals surface area (Å²) >= 11 is 0. The molecule has 8 N–H and O–H groups in total. The highest BCUT2D eigenvalue weighted by atomic mass is 16.7. The number of nitrogens with one attached hydrogen (secondary N) is 1. The molecule has 11 nitrogen and oxygen atoms in total. The number of amides is 1. The Balaban J connectivity index is 2.22. The van der Waals surface area contributed by atoms with Crippen LogP contribution in [0.3, 0.4) is 0 Å². The number of hydrogen-bond donors (Lipinski definition) is 8. The molecule has 9 atom stereocenters. The summed E-state index contributed by atoms with van der Waals surface area (Å²) < 4.78 is 11.1. The number of hydrogen-bond acceptors (Lipinski definition) is 10. The van der Waals surface area contributed by atoms with E-state index in [0.29, 0.717) is 19.3 Å². The van der Waals surface area contributed by atoms with Gasteiger partial charge in [0, 0.05) is 0 Å². The average Bonchev–Trinajstić information content (AvgIpc) is 3.35. The Morgan fingerprint density at radius 2 is 0.870 bits per heavy atom. The minimum absolute atomic E-state index is 0.246. The maximum Gasteiger partial charge on any atom is 0.249 e. The van der Waals surface area contributed by atoms with Crippen LogP contribution in [0.15, 0.2) is 36.5 Å². The van der Waals surface area contributed by atoms with Crippen molar-refractivity contribution >= 4 is 5.91 Å². The Morgan fingerprint density at radius 1 is 0.493 bits per heavy atom. The van der Waals surface area contributed by atoms with Crippen molar-refractivity contribution in [3.63, 3.8) is 0 Å². The van der Waals surface area contributed by atoms with Crippen LogP contribution in [0.5, 0.6) is 0 Å². The zero-order valence-corrected chi connectivity index (χ0v) is 44.3. The van der Waals surface area contributed by atoms with Gasteiger partial charge in [0.15, 0.2) is 6.29 Å². The molecule has 1 aliphatic heterocycles. The molecule has 0 saturated carbocycles. The van der Waals surface area contributed by atoms with E-state index in [1.54, 1.807) is 0 Å². The molecule has 1 amide bonds. The zero-order chi connectivity index (χ0) is 50.4. The van der Waals surface area contributed by atoms with Crippen LogP contribution in [0.1, 0.15) is 258 Å². The smallest absolute Gasteiger partial charge is 0.249 e. The van der Waals surface area contributed by atoms with Gasteiger partial charge in [0.1, 0.15) is 36.6 Å². The predicted octanol–water partition coefficient (Wildman–Crippen LogP) is 11.9. The Labute approximate surface area is 422 Å². The van der Waals surface area contributed by atoms with Crippen LogP contribution >= 0.6 is 0 Å². The lowest BCUT2D eigenvalue weighted by atomic mass is 9.98. The molecule has 406 valence electrons. The van der Waals surface area contributed by atoms with Crippen LogP contribution in [0.2, 0.25) is 0 Å². The van der Waals surface area contributed by atoms with Crippen molar-refractivity contribution in [2.75, 3.05) is 13.2 Å². The molecule has 69 heavy (non-hydrogen) atoms. The molecular weight excluding hydrogens is 871 g/mol. The fraction of sp³-hybridized carbons (Fsp3) is 0.879. The molecule has 0 bridgehead atoms. The summed E-state index contributed by atoms with van der Waals surface area (Å²) in [6, 6.07) is -1.19. The van der Waals surface area contributed by atoms with Crippen molar-refractivity contribution in [2.24, 2.45) is 0 Å². The van der Waals surface area contributed by atoms with Gasteiger partial charge in [-0.2, -0.15) is 0 Å². The maximum atomic E-state index is 13.1. The molecule has 11 heteroatoms. The van der Waals surface area contributed by atoms with Gasteiger partial charge < -0.3 is 50.5 Å². The first-order valence-corrected chi connectivity index (χ1v) is 28.9. The lowest BCUT2D eigenvalue weighted by Crippen LogP contribution is -2.60. The summed E-state index contributed by atoms with van der Waals surface area (Å²) in [5, 5.41) is 75.9. The molecule has 0 aromatic heterocycles. The van der Waals surface area contributed by atoms with Gasteiger partial charge in [0.2, 0.25) is 5.91 Å². The van der Waals surface area contributed by atoms with Gasteiger partial charge in [0.05, 0.1) is 25.4 Å². The predicted molar refractivity (Wildman–Crippen MR) is 284 cm³/mol. The third-order valence-corrected chi connectivity index (χ3v) is 13.9. The van der Waals surface area contributed by atoms with Gasteiger partial charge >= 0.3 is 0 Å². The molecule has 1 aliphatic rings. The van der Waals surface area contributed by atoms with Crippen molar-refractivity contribution in [1.29, 1.82) is 0 Å². The standard InChI is InChI=1S/C58H109NO10/c1-3-5-7-9-11-13-15-17-18-19-20-21-22-23-24-25-26-27-28-29-30-31-32-33-34-36-38-40-42-44-46-51(62)57(67)59-49(48-68-58-56(66)55(65)54(64)52(47-60)69-58)53(63)50(61)45-43-41-39-37-35-16-14-12-10-8-6-4-2/h12,14,23-24,37,39,49-56,58,60-66H,3-11,13,15-22,25-36,38,40-48H2,1-2H3,(H,59,67)/b14-12+,24-23-,39-37+. The van der Waals surface area contributed by atoms with E-state index in [1.165, 1.54) is 173 Å². The van der Waals surface area contributed by atoms with Gasteiger partial charge in [-0.3, -0.25) is 4.79 Å². The summed E-state index contributed by atoms with van der Waals surface area (Å²) in [7, 11) is 0. The summed E-state index contributed by atoms with van der Waals surface area (Å²) in [4.78, 5) is 13.1. The molecule has 0 aromatic rings. The second kappa shape index (κ2) is 47.3. The van der Waals surface area contributed by atoms with Gasteiger partial charge in [-0.25, -0.2) is 0 Å². The topological polar surface area (TPSA) is 189 Å². The fourth-order valence-electron chi connectivity index (χ4n) is 9.16. The van der Waals surface area contributed by atoms with E-state index in [4.69, 9.17) is 9.47 Å². The highest BCUT2D eigenvalue weighted by Gasteiger charge is 2.44. The summed E-state index contributed by atoms with van der Waals surface area (Å²) in [6.07, 6.45) is 46.6. The molecule has 0 aliphatic carbocycles. The maximum absolute atomic E-state index is 13.1. The Bertz CT molecular complexity index is 1210. The normalized spacial score (nSPS) is 20.6. The summed E-state index contributed by atoms with van der Waals surface area (Å²) in [5.41, 5.74) is 0. The first kappa shape index (κ1) is 65.3. The van der Waals surface area contributed by atoms with E-state index in [2.05, 4.69) is 55.6 Å². The minimum Gasteiger partial charge on any atom is -0.394 e. The molecular formula is C58H109NO10. The van der Waals surface area contributed by atoms with Gasteiger partial charge in [-0.1, -0.05) is 217 Å². The van der Waals surface area contributed by atoms with Crippen molar-refractivity contribution in [2.45, 2.75) is 313 Å². The highest BCUT2D eigenvalue weighted by Crippen LogP contribution is 2.23. The first-order valence-electron chi connectivity index (χ1n) is 28.9. The van der Waals surface area contributed by atoms with Crippen LogP contribution in [-0.2, 0) is 14.3 Å². The van der Waals surface area contributed by atoms with Crippen LogP contribution < -0.4 is 5.32 Å². The molecule has 0 spiro atoms. The zero-order valence-electron chi connectivity index (χ0n) is 44.3. The number of unbranched alkanes of at least 4 members (excludes halogenated alkanes) is 31. The molecule has 1 saturated heterocycles. The van der Waals surface area contributed by atoms with Gasteiger partial charge in [0.25, 0.3) is 0 Å². The van der Waals surface area contributed by atoms with E-state index in [9.17, 15) is 40.5 Å². The lowest BCUT2D eigenvalue weighted by Gasteiger charge is -2.40. The average molecular weight is 981 g/mol. The lowest BCUT2D eigenvalue weighted by molar-refractivity contribution is -0.303. The monoisotopic (exact) mass is 980 g/mol. The van der Waals surface area contributed by atoms with Crippen molar-refractivity contribution in [1.82, 2.24) is 5.32 Å². The molecule has 9 unspecified atom stereocenters.